The Morgan fingerprint density at radius 1 is 1.33 bits per heavy atom. The van der Waals surface area contributed by atoms with Crippen LogP contribution in [0, 0.1) is 12.3 Å². The highest BCUT2D eigenvalue weighted by Crippen LogP contribution is 2.32. The van der Waals surface area contributed by atoms with E-state index >= 15 is 0 Å². The van der Waals surface area contributed by atoms with Crippen molar-refractivity contribution in [2.75, 3.05) is 0 Å². The fourth-order valence-electron chi connectivity index (χ4n) is 1.54. The molecule has 0 aromatic rings. The summed E-state index contributed by atoms with van der Waals surface area (Å²) < 4.78 is 0. The molecule has 2 rings (SSSR count). The summed E-state index contributed by atoms with van der Waals surface area (Å²) in [5.74, 6) is 0.481. The summed E-state index contributed by atoms with van der Waals surface area (Å²) in [7, 11) is 0. The molecule has 0 aliphatic heterocycles. The summed E-state index contributed by atoms with van der Waals surface area (Å²) in [6.45, 7) is 2.17. The van der Waals surface area contributed by atoms with E-state index in [0.29, 0.717) is 5.92 Å². The number of allylic oxidation sites excluding steroid dienone is 8. The highest BCUT2D eigenvalue weighted by atomic mass is 14.2. The van der Waals surface area contributed by atoms with E-state index in [0.717, 1.165) is 6.42 Å². The molecule has 0 amide bonds. The van der Waals surface area contributed by atoms with Crippen molar-refractivity contribution >= 4 is 0 Å². The molecule has 2 radical (unpaired) electrons. The third-order valence-electron chi connectivity index (χ3n) is 2.24. The van der Waals surface area contributed by atoms with Gasteiger partial charge < -0.3 is 0 Å². The summed E-state index contributed by atoms with van der Waals surface area (Å²) in [6, 6.07) is 0. The van der Waals surface area contributed by atoms with Crippen LogP contribution in [-0.2, 0) is 0 Å². The van der Waals surface area contributed by atoms with Gasteiger partial charge in [-0.1, -0.05) is 49.0 Å². The first-order valence-corrected chi connectivity index (χ1v) is 4.43. The monoisotopic (exact) mass is 156 g/mol. The van der Waals surface area contributed by atoms with Crippen LogP contribution in [0.25, 0.3) is 0 Å². The predicted molar refractivity (Wildman–Crippen MR) is 51.5 cm³/mol. The van der Waals surface area contributed by atoms with Gasteiger partial charge in [-0.2, -0.15) is 0 Å². The Morgan fingerprint density at radius 3 is 3.08 bits per heavy atom. The second kappa shape index (κ2) is 3.14. The highest BCUT2D eigenvalue weighted by molar-refractivity contribution is 5.47. The van der Waals surface area contributed by atoms with Gasteiger partial charge in [0.25, 0.3) is 0 Å². The third-order valence-corrected chi connectivity index (χ3v) is 2.24. The molecular weight excluding hydrogens is 144 g/mol. The van der Waals surface area contributed by atoms with Crippen LogP contribution in [0.15, 0.2) is 47.6 Å². The van der Waals surface area contributed by atoms with E-state index in [1.807, 2.05) is 0 Å². The molecule has 0 saturated carbocycles. The summed E-state index contributed by atoms with van der Waals surface area (Å²) in [6.07, 6.45) is 17.4. The van der Waals surface area contributed by atoms with Crippen LogP contribution in [0.3, 0.4) is 0 Å². The SMILES string of the molecule is CCC1=CC2C=CC=CC=C2[C]1. The van der Waals surface area contributed by atoms with Crippen LogP contribution in [-0.4, -0.2) is 0 Å². The first-order chi connectivity index (χ1) is 5.90. The standard InChI is InChI=1S/C12H12/c1-2-10-8-11-6-4-3-5-7-12(11)9-10/h3-8,11H,2H2,1H3. The molecule has 0 nitrogen and oxygen atoms in total. The van der Waals surface area contributed by atoms with E-state index in [1.54, 1.807) is 0 Å². The molecule has 0 fully saturated rings. The maximum absolute atomic E-state index is 3.40. The maximum Gasteiger partial charge on any atom is 0.0419 e. The molecule has 0 bridgehead atoms. The molecule has 0 heteroatoms. The molecule has 0 saturated heterocycles. The molecule has 1 atom stereocenters. The second-order valence-electron chi connectivity index (χ2n) is 3.09. The summed E-state index contributed by atoms with van der Waals surface area (Å²) in [4.78, 5) is 0. The second-order valence-corrected chi connectivity index (χ2v) is 3.09. The molecule has 60 valence electrons. The zero-order valence-corrected chi connectivity index (χ0v) is 7.25. The molecule has 12 heavy (non-hydrogen) atoms. The predicted octanol–water partition coefficient (Wildman–Crippen LogP) is 3.09. The van der Waals surface area contributed by atoms with Crippen LogP contribution in [0.5, 0.6) is 0 Å². The third kappa shape index (κ3) is 1.29. The minimum Gasteiger partial charge on any atom is -0.0735 e. The van der Waals surface area contributed by atoms with Gasteiger partial charge in [-0.3, -0.25) is 0 Å². The van der Waals surface area contributed by atoms with Crippen LogP contribution >= 0.6 is 0 Å². The Hall–Kier alpha value is -1.04. The fourth-order valence-corrected chi connectivity index (χ4v) is 1.54. The topological polar surface area (TPSA) is 0 Å². The molecule has 0 spiro atoms. The van der Waals surface area contributed by atoms with Crippen molar-refractivity contribution < 1.29 is 0 Å². The summed E-state index contributed by atoms with van der Waals surface area (Å²) >= 11 is 0. The summed E-state index contributed by atoms with van der Waals surface area (Å²) in [5, 5.41) is 0. The largest absolute Gasteiger partial charge is 0.0735 e. The van der Waals surface area contributed by atoms with Crippen molar-refractivity contribution in [2.24, 2.45) is 5.92 Å². The lowest BCUT2D eigenvalue weighted by Crippen LogP contribution is -1.89. The average molecular weight is 156 g/mol. The molecule has 0 aromatic carbocycles. The Labute approximate surface area is 74.0 Å². The van der Waals surface area contributed by atoms with Crippen molar-refractivity contribution in [1.29, 1.82) is 0 Å². The van der Waals surface area contributed by atoms with Crippen molar-refractivity contribution in [1.82, 2.24) is 0 Å². The quantitative estimate of drug-likeness (QED) is 0.547. The molecule has 1 unspecified atom stereocenters. The van der Waals surface area contributed by atoms with Gasteiger partial charge in [0.2, 0.25) is 0 Å². The van der Waals surface area contributed by atoms with Crippen molar-refractivity contribution in [2.45, 2.75) is 13.3 Å². The van der Waals surface area contributed by atoms with E-state index in [1.165, 1.54) is 11.1 Å². The average Bonchev–Trinajstić information content (AvgIpc) is 2.37. The van der Waals surface area contributed by atoms with Crippen LogP contribution in [0.1, 0.15) is 13.3 Å². The van der Waals surface area contributed by atoms with E-state index in [2.05, 4.69) is 49.8 Å². The maximum atomic E-state index is 3.40. The van der Waals surface area contributed by atoms with Gasteiger partial charge in [-0.05, 0) is 12.0 Å². The van der Waals surface area contributed by atoms with Gasteiger partial charge in [-0.15, -0.1) is 0 Å². The Balaban J connectivity index is 2.25. The molecule has 0 N–H and O–H groups in total. The van der Waals surface area contributed by atoms with E-state index < -0.39 is 0 Å². The number of hydrogen-bond acceptors (Lipinski definition) is 0. The minimum absolute atomic E-state index is 0.481. The lowest BCUT2D eigenvalue weighted by Gasteiger charge is -2.01. The van der Waals surface area contributed by atoms with Gasteiger partial charge in [0.1, 0.15) is 0 Å². The molecule has 0 aromatic heterocycles. The van der Waals surface area contributed by atoms with Gasteiger partial charge in [0, 0.05) is 12.3 Å². The van der Waals surface area contributed by atoms with Crippen LogP contribution in [0.2, 0.25) is 0 Å². The minimum atomic E-state index is 0.481. The zero-order chi connectivity index (χ0) is 8.39. The lowest BCUT2D eigenvalue weighted by atomic mass is 10.0. The van der Waals surface area contributed by atoms with Gasteiger partial charge in [0.15, 0.2) is 0 Å². The Bertz CT molecular complexity index is 287. The highest BCUT2D eigenvalue weighted by Gasteiger charge is 2.18. The van der Waals surface area contributed by atoms with Gasteiger partial charge >= 0.3 is 0 Å². The van der Waals surface area contributed by atoms with Crippen LogP contribution < -0.4 is 0 Å². The first-order valence-electron chi connectivity index (χ1n) is 4.43. The Morgan fingerprint density at radius 2 is 2.25 bits per heavy atom. The van der Waals surface area contributed by atoms with E-state index in [9.17, 15) is 0 Å². The first kappa shape index (κ1) is 7.60. The molecule has 2 aliphatic rings. The van der Waals surface area contributed by atoms with Gasteiger partial charge in [-0.25, -0.2) is 0 Å². The molecule has 2 aliphatic carbocycles. The number of hydrogen-bond donors (Lipinski definition) is 0. The summed E-state index contributed by atoms with van der Waals surface area (Å²) in [5.41, 5.74) is 2.64. The Kier molecular flexibility index (Phi) is 1.99. The normalized spacial score (nSPS) is 26.2. The smallest absolute Gasteiger partial charge is 0.0419 e. The van der Waals surface area contributed by atoms with Gasteiger partial charge in [0.05, 0.1) is 0 Å². The molecule has 0 heterocycles. The van der Waals surface area contributed by atoms with E-state index in [4.69, 9.17) is 0 Å². The lowest BCUT2D eigenvalue weighted by molar-refractivity contribution is 1.03. The van der Waals surface area contributed by atoms with Crippen molar-refractivity contribution in [3.05, 3.63) is 54.0 Å². The van der Waals surface area contributed by atoms with Crippen molar-refractivity contribution in [3.8, 4) is 0 Å². The number of rotatable bonds is 1. The fraction of sp³-hybridized carbons (Fsp3) is 0.250. The zero-order valence-electron chi connectivity index (χ0n) is 7.25. The van der Waals surface area contributed by atoms with E-state index in [-0.39, 0.29) is 0 Å². The number of fused-ring (bicyclic) bond motifs is 1. The van der Waals surface area contributed by atoms with Crippen molar-refractivity contribution in [3.63, 3.8) is 0 Å². The molecular formula is C12H12. The van der Waals surface area contributed by atoms with Crippen LogP contribution in [0.4, 0.5) is 0 Å².